The molecule has 0 aliphatic carbocycles. The number of hydrogen-bond acceptors (Lipinski definition) is 1. The van der Waals surface area contributed by atoms with Crippen LogP contribution in [0.3, 0.4) is 0 Å². The number of rotatable bonds is 0. The Labute approximate surface area is 96.0 Å². The number of nitrogens with zero attached hydrogens (tertiary/aromatic N) is 1. The largest absolute Gasteiger partial charge is 0.254 e. The summed E-state index contributed by atoms with van der Waals surface area (Å²) in [7, 11) is 0. The van der Waals surface area contributed by atoms with E-state index in [0.717, 1.165) is 6.07 Å². The van der Waals surface area contributed by atoms with Crippen LogP contribution < -0.4 is 0 Å². The summed E-state index contributed by atoms with van der Waals surface area (Å²) >= 11 is 8.65. The van der Waals surface area contributed by atoms with Crippen molar-refractivity contribution in [3.8, 4) is 0 Å². The first-order chi connectivity index (χ1) is 7.02. The van der Waals surface area contributed by atoms with Crippen LogP contribution in [0, 0.1) is 17.5 Å². The van der Waals surface area contributed by atoms with Gasteiger partial charge in [-0.25, -0.2) is 13.2 Å². The van der Waals surface area contributed by atoms with Gasteiger partial charge in [-0.2, -0.15) is 0 Å². The molecule has 0 unspecified atom stereocenters. The zero-order valence-corrected chi connectivity index (χ0v) is 9.33. The average molecular weight is 296 g/mol. The van der Waals surface area contributed by atoms with Crippen molar-refractivity contribution in [2.75, 3.05) is 0 Å². The Balaban J connectivity index is 3.00. The second-order valence-corrected chi connectivity index (χ2v) is 4.00. The molecule has 1 heterocycles. The van der Waals surface area contributed by atoms with Gasteiger partial charge in [0, 0.05) is 12.3 Å². The number of fused-ring (bicyclic) bond motifs is 1. The number of benzene rings is 1. The van der Waals surface area contributed by atoms with E-state index in [1.165, 1.54) is 6.20 Å². The van der Waals surface area contributed by atoms with Gasteiger partial charge in [-0.05, 0) is 15.9 Å². The molecular formula is C9H2BrClF3N. The highest BCUT2D eigenvalue weighted by Crippen LogP contribution is 2.32. The van der Waals surface area contributed by atoms with Gasteiger partial charge in [-0.3, -0.25) is 4.98 Å². The van der Waals surface area contributed by atoms with Crippen LogP contribution in [0.1, 0.15) is 0 Å². The molecular weight excluding hydrogens is 294 g/mol. The van der Waals surface area contributed by atoms with Crippen LogP contribution in [0.15, 0.2) is 16.7 Å². The van der Waals surface area contributed by atoms with Gasteiger partial charge in [0.05, 0.1) is 20.4 Å². The van der Waals surface area contributed by atoms with Gasteiger partial charge in [0.1, 0.15) is 0 Å². The molecule has 1 aromatic carbocycles. The van der Waals surface area contributed by atoms with Crippen molar-refractivity contribution in [3.63, 3.8) is 0 Å². The molecule has 0 fully saturated rings. The van der Waals surface area contributed by atoms with Crippen molar-refractivity contribution in [1.82, 2.24) is 4.98 Å². The Bertz CT molecular complexity index is 559. The highest BCUT2D eigenvalue weighted by atomic mass is 79.9. The lowest BCUT2D eigenvalue weighted by molar-refractivity contribution is 0.453. The zero-order valence-electron chi connectivity index (χ0n) is 6.99. The van der Waals surface area contributed by atoms with Crippen LogP contribution in [-0.2, 0) is 0 Å². The predicted molar refractivity (Wildman–Crippen MR) is 54.3 cm³/mol. The average Bonchev–Trinajstić information content (AvgIpc) is 2.20. The van der Waals surface area contributed by atoms with E-state index in [1.54, 1.807) is 0 Å². The first kappa shape index (κ1) is 10.7. The molecule has 78 valence electrons. The molecule has 0 saturated heterocycles. The molecule has 2 aromatic rings. The van der Waals surface area contributed by atoms with Crippen molar-refractivity contribution < 1.29 is 13.2 Å². The fraction of sp³-hybridized carbons (Fsp3) is 0. The van der Waals surface area contributed by atoms with Crippen LogP contribution in [0.4, 0.5) is 13.2 Å². The lowest BCUT2D eigenvalue weighted by Crippen LogP contribution is -1.94. The van der Waals surface area contributed by atoms with Gasteiger partial charge in [0.25, 0.3) is 0 Å². The van der Waals surface area contributed by atoms with Crippen LogP contribution >= 0.6 is 27.5 Å². The van der Waals surface area contributed by atoms with Crippen LogP contribution in [0.2, 0.25) is 5.02 Å². The molecule has 0 saturated carbocycles. The zero-order chi connectivity index (χ0) is 11.2. The fourth-order valence-corrected chi connectivity index (χ4v) is 1.82. The molecule has 1 aromatic heterocycles. The molecule has 0 atom stereocenters. The van der Waals surface area contributed by atoms with E-state index in [4.69, 9.17) is 11.6 Å². The molecule has 0 aliphatic heterocycles. The Kier molecular flexibility index (Phi) is 2.60. The van der Waals surface area contributed by atoms with Crippen molar-refractivity contribution in [2.24, 2.45) is 0 Å². The topological polar surface area (TPSA) is 12.9 Å². The normalized spacial score (nSPS) is 11.0. The molecule has 0 spiro atoms. The number of halogens is 5. The summed E-state index contributed by atoms with van der Waals surface area (Å²) in [4.78, 5) is 3.70. The minimum absolute atomic E-state index is 0.00248. The number of aromatic nitrogens is 1. The van der Waals surface area contributed by atoms with Gasteiger partial charge < -0.3 is 0 Å². The summed E-state index contributed by atoms with van der Waals surface area (Å²) in [6.45, 7) is 0. The quantitative estimate of drug-likeness (QED) is 0.668. The van der Waals surface area contributed by atoms with Crippen molar-refractivity contribution in [3.05, 3.63) is 39.2 Å². The summed E-state index contributed by atoms with van der Waals surface area (Å²) in [6.07, 6.45) is 1.23. The van der Waals surface area contributed by atoms with Gasteiger partial charge >= 0.3 is 0 Å². The van der Waals surface area contributed by atoms with E-state index in [2.05, 4.69) is 20.9 Å². The molecule has 1 nitrogen and oxygen atoms in total. The van der Waals surface area contributed by atoms with Crippen molar-refractivity contribution >= 4 is 38.4 Å². The smallest absolute Gasteiger partial charge is 0.195 e. The van der Waals surface area contributed by atoms with E-state index in [0.29, 0.717) is 0 Å². The van der Waals surface area contributed by atoms with E-state index >= 15 is 0 Å². The third kappa shape index (κ3) is 1.59. The van der Waals surface area contributed by atoms with E-state index in [-0.39, 0.29) is 20.4 Å². The maximum absolute atomic E-state index is 13.4. The first-order valence-electron chi connectivity index (χ1n) is 3.79. The molecule has 15 heavy (non-hydrogen) atoms. The first-order valence-corrected chi connectivity index (χ1v) is 4.96. The minimum atomic E-state index is -1.53. The summed E-state index contributed by atoms with van der Waals surface area (Å²) in [5, 5.41) is -0.0335. The molecule has 0 radical (unpaired) electrons. The Morgan fingerprint density at radius 2 is 1.87 bits per heavy atom. The molecule has 0 amide bonds. The van der Waals surface area contributed by atoms with Gasteiger partial charge in [-0.1, -0.05) is 11.6 Å². The maximum Gasteiger partial charge on any atom is 0.195 e. The molecule has 6 heteroatoms. The Morgan fingerprint density at radius 3 is 2.53 bits per heavy atom. The van der Waals surface area contributed by atoms with Gasteiger partial charge in [-0.15, -0.1) is 0 Å². The Morgan fingerprint density at radius 1 is 1.20 bits per heavy atom. The van der Waals surface area contributed by atoms with Crippen molar-refractivity contribution in [1.29, 1.82) is 0 Å². The van der Waals surface area contributed by atoms with E-state index < -0.39 is 17.5 Å². The SMILES string of the molecule is Fc1cc2ncc(Cl)c(Br)c2c(F)c1F. The monoisotopic (exact) mass is 295 g/mol. The lowest BCUT2D eigenvalue weighted by Gasteiger charge is -2.04. The number of pyridine rings is 1. The summed E-state index contributed by atoms with van der Waals surface area (Å²) < 4.78 is 39.3. The highest BCUT2D eigenvalue weighted by molar-refractivity contribution is 9.10. The second kappa shape index (κ2) is 3.64. The minimum Gasteiger partial charge on any atom is -0.254 e. The van der Waals surface area contributed by atoms with Crippen molar-refractivity contribution in [2.45, 2.75) is 0 Å². The predicted octanol–water partition coefficient (Wildman–Crippen LogP) is 4.07. The number of hydrogen-bond donors (Lipinski definition) is 0. The third-order valence-electron chi connectivity index (χ3n) is 1.89. The third-order valence-corrected chi connectivity index (χ3v) is 3.23. The summed E-state index contributed by atoms with van der Waals surface area (Å²) in [5.74, 6) is -4.11. The van der Waals surface area contributed by atoms with E-state index in [1.807, 2.05) is 0 Å². The van der Waals surface area contributed by atoms with Crippen LogP contribution in [0.25, 0.3) is 10.9 Å². The van der Waals surface area contributed by atoms with E-state index in [9.17, 15) is 13.2 Å². The fourth-order valence-electron chi connectivity index (χ4n) is 1.20. The molecule has 0 N–H and O–H groups in total. The molecule has 0 aliphatic rings. The lowest BCUT2D eigenvalue weighted by atomic mass is 10.2. The summed E-state index contributed by atoms with van der Waals surface area (Å²) in [5.41, 5.74) is 0.00248. The summed E-state index contributed by atoms with van der Waals surface area (Å²) in [6, 6.07) is 0.814. The van der Waals surface area contributed by atoms with Crippen LogP contribution in [-0.4, -0.2) is 4.98 Å². The highest BCUT2D eigenvalue weighted by Gasteiger charge is 2.17. The Hall–Kier alpha value is -0.810. The van der Waals surface area contributed by atoms with Gasteiger partial charge in [0.2, 0.25) is 0 Å². The maximum atomic E-state index is 13.4. The van der Waals surface area contributed by atoms with Crippen LogP contribution in [0.5, 0.6) is 0 Å². The molecule has 0 bridgehead atoms. The molecule has 2 rings (SSSR count). The second-order valence-electron chi connectivity index (χ2n) is 2.80. The van der Waals surface area contributed by atoms with Gasteiger partial charge in [0.15, 0.2) is 17.5 Å². The standard InChI is InChI=1S/C9H2BrClF3N/c10-7-3(11)2-15-5-1-4(12)8(13)9(14)6(5)7/h1-2H.